The normalized spacial score (nSPS) is 9.67. The predicted molar refractivity (Wildman–Crippen MR) is 45.8 cm³/mol. The maximum absolute atomic E-state index is 10.1. The summed E-state index contributed by atoms with van der Waals surface area (Å²) in [5, 5.41) is 11.1. The highest BCUT2D eigenvalue weighted by molar-refractivity contribution is 5.68. The van der Waals surface area contributed by atoms with E-state index in [1.54, 1.807) is 0 Å². The second-order valence-corrected chi connectivity index (χ2v) is 2.48. The summed E-state index contributed by atoms with van der Waals surface area (Å²) < 4.78 is 0. The van der Waals surface area contributed by atoms with Crippen molar-refractivity contribution in [2.75, 3.05) is 6.54 Å². The summed E-state index contributed by atoms with van der Waals surface area (Å²) in [5.41, 5.74) is 1.10. The smallest absolute Gasteiger partial charge is 0.317 e. The molecule has 0 fully saturated rings. The number of benzene rings is 1. The van der Waals surface area contributed by atoms with Crippen LogP contribution in [0.25, 0.3) is 0 Å². The highest BCUT2D eigenvalue weighted by atomic mass is 16.6. The lowest BCUT2D eigenvalue weighted by atomic mass is 10.2. The third kappa shape index (κ3) is 3.16. The van der Waals surface area contributed by atoms with E-state index >= 15 is 0 Å². The van der Waals surface area contributed by atoms with Crippen molar-refractivity contribution >= 4 is 5.97 Å². The summed E-state index contributed by atoms with van der Waals surface area (Å²) in [6.45, 7) is 0.613. The van der Waals surface area contributed by atoms with Crippen molar-refractivity contribution in [1.82, 2.24) is 5.32 Å². The number of hydrogen-bond donors (Lipinski definition) is 2. The van der Waals surface area contributed by atoms with E-state index in [1.807, 2.05) is 30.3 Å². The summed E-state index contributed by atoms with van der Waals surface area (Å²) in [4.78, 5) is 10.1. The van der Waals surface area contributed by atoms with Crippen LogP contribution in [-0.2, 0) is 11.3 Å². The monoisotopic (exact) mass is 167 g/mol. The number of carboxylic acid groups (broad SMARTS) is 1. The molecule has 0 aliphatic rings. The molecule has 0 saturated heterocycles. The molecule has 0 bridgehead atoms. The van der Waals surface area contributed by atoms with Crippen molar-refractivity contribution in [2.24, 2.45) is 0 Å². The number of hydrogen-bond acceptors (Lipinski definition) is 2. The Bertz CT molecular complexity index is 246. The Balaban J connectivity index is 2.29. The third-order valence-electron chi connectivity index (χ3n) is 1.45. The van der Waals surface area contributed by atoms with Crippen molar-refractivity contribution in [2.45, 2.75) is 6.54 Å². The van der Waals surface area contributed by atoms with E-state index in [2.05, 4.69) is 5.32 Å². The van der Waals surface area contributed by atoms with Crippen LogP contribution in [0.2, 0.25) is 0 Å². The van der Waals surface area contributed by atoms with Gasteiger partial charge in [0.15, 0.2) is 0 Å². The van der Waals surface area contributed by atoms with Crippen molar-refractivity contribution in [3.63, 3.8) is 0 Å². The van der Waals surface area contributed by atoms with Gasteiger partial charge in [-0.05, 0) is 5.56 Å². The zero-order valence-electron chi connectivity index (χ0n) is 6.66. The fourth-order valence-corrected chi connectivity index (χ4v) is 0.910. The van der Waals surface area contributed by atoms with E-state index in [0.29, 0.717) is 6.54 Å². The van der Waals surface area contributed by atoms with Crippen LogP contribution in [0.5, 0.6) is 0 Å². The lowest BCUT2D eigenvalue weighted by Crippen LogP contribution is -2.21. The fourth-order valence-electron chi connectivity index (χ4n) is 0.910. The van der Waals surface area contributed by atoms with Gasteiger partial charge in [0.1, 0.15) is 0 Å². The van der Waals surface area contributed by atoms with E-state index in [4.69, 9.17) is 5.11 Å². The Morgan fingerprint density at radius 2 is 2.00 bits per heavy atom. The van der Waals surface area contributed by atoms with Gasteiger partial charge in [-0.2, -0.15) is 0 Å². The van der Waals surface area contributed by atoms with E-state index in [0.717, 1.165) is 5.56 Å². The van der Waals surface area contributed by atoms with Crippen molar-refractivity contribution in [3.8, 4) is 0 Å². The molecule has 0 spiro atoms. The summed E-state index contributed by atoms with van der Waals surface area (Å²) in [7, 11) is 0. The molecular formula is C9H11NO2. The van der Waals surface area contributed by atoms with Crippen LogP contribution in [-0.4, -0.2) is 17.6 Å². The Kier molecular flexibility index (Phi) is 3.29. The van der Waals surface area contributed by atoms with Crippen molar-refractivity contribution in [3.05, 3.63) is 35.9 Å². The largest absolute Gasteiger partial charge is 0.480 e. The van der Waals surface area contributed by atoms with Crippen LogP contribution >= 0.6 is 0 Å². The molecule has 64 valence electrons. The fraction of sp³-hybridized carbons (Fsp3) is 0.222. The van der Waals surface area contributed by atoms with Crippen LogP contribution in [0, 0.1) is 0 Å². The molecule has 2 N–H and O–H groups in total. The number of carbonyl (C=O) groups is 1. The van der Waals surface area contributed by atoms with E-state index in [1.165, 1.54) is 0 Å². The van der Waals surface area contributed by atoms with Gasteiger partial charge >= 0.3 is 5.97 Å². The second kappa shape index (κ2) is 4.51. The maximum atomic E-state index is 10.1. The standard InChI is InChI=1S/C9H11NO2/c11-9(12)7-10-6-8-4-2-1-3-5-8/h1-5,10H,6-7H2,(H,11,12)/i9+2. The van der Waals surface area contributed by atoms with Crippen molar-refractivity contribution < 1.29 is 9.90 Å². The van der Waals surface area contributed by atoms with E-state index in [9.17, 15) is 4.79 Å². The number of rotatable bonds is 4. The Morgan fingerprint density at radius 1 is 1.33 bits per heavy atom. The van der Waals surface area contributed by atoms with E-state index in [-0.39, 0.29) is 6.54 Å². The molecule has 3 nitrogen and oxygen atoms in total. The minimum absolute atomic E-state index is 0.00882. The third-order valence-corrected chi connectivity index (χ3v) is 1.45. The van der Waals surface area contributed by atoms with Gasteiger partial charge < -0.3 is 10.4 Å². The van der Waals surface area contributed by atoms with Crippen LogP contribution < -0.4 is 5.32 Å². The molecule has 0 aliphatic carbocycles. The van der Waals surface area contributed by atoms with Crippen LogP contribution in [0.3, 0.4) is 0 Å². The van der Waals surface area contributed by atoms with Gasteiger partial charge in [-0.15, -0.1) is 0 Å². The van der Waals surface area contributed by atoms with Gasteiger partial charge in [0, 0.05) is 6.54 Å². The SMILES string of the molecule is O=[14C](O)CNCc1ccccc1. The average Bonchev–Trinajstić information content (AvgIpc) is 2.05. The topological polar surface area (TPSA) is 49.3 Å². The van der Waals surface area contributed by atoms with Gasteiger partial charge in [-0.3, -0.25) is 4.79 Å². The van der Waals surface area contributed by atoms with Crippen LogP contribution in [0.1, 0.15) is 5.56 Å². The molecule has 0 heterocycles. The predicted octanol–water partition coefficient (Wildman–Crippen LogP) is 0.861. The zero-order chi connectivity index (χ0) is 8.81. The minimum Gasteiger partial charge on any atom is -0.480 e. The molecule has 1 rings (SSSR count). The summed E-state index contributed by atoms with van der Waals surface area (Å²) in [6.07, 6.45) is 0. The lowest BCUT2D eigenvalue weighted by molar-refractivity contribution is -0.135. The van der Waals surface area contributed by atoms with Gasteiger partial charge in [-0.25, -0.2) is 0 Å². The maximum Gasteiger partial charge on any atom is 0.317 e. The molecule has 1 aromatic carbocycles. The highest BCUT2D eigenvalue weighted by Gasteiger charge is 1.94. The van der Waals surface area contributed by atoms with Crippen LogP contribution in [0.4, 0.5) is 0 Å². The first-order valence-corrected chi connectivity index (χ1v) is 3.75. The molecular weight excluding hydrogens is 156 g/mol. The first-order valence-electron chi connectivity index (χ1n) is 3.75. The first kappa shape index (κ1) is 8.74. The van der Waals surface area contributed by atoms with Gasteiger partial charge in [0.25, 0.3) is 0 Å². The molecule has 0 aliphatic heterocycles. The number of carboxylic acids is 1. The Labute approximate surface area is 71.0 Å². The first-order chi connectivity index (χ1) is 5.79. The van der Waals surface area contributed by atoms with Gasteiger partial charge in [-0.1, -0.05) is 30.3 Å². The van der Waals surface area contributed by atoms with E-state index < -0.39 is 5.97 Å². The molecule has 0 unspecified atom stereocenters. The molecule has 0 aromatic heterocycles. The molecule has 12 heavy (non-hydrogen) atoms. The lowest BCUT2D eigenvalue weighted by Gasteiger charge is -2.00. The summed E-state index contributed by atoms with van der Waals surface area (Å²) in [5.74, 6) is -0.828. The highest BCUT2D eigenvalue weighted by Crippen LogP contribution is 1.96. The summed E-state index contributed by atoms with van der Waals surface area (Å²) >= 11 is 0. The second-order valence-electron chi connectivity index (χ2n) is 2.48. The molecule has 0 radical (unpaired) electrons. The number of nitrogens with one attached hydrogen (secondary N) is 1. The molecule has 0 amide bonds. The number of aliphatic carboxylic acids is 1. The molecule has 0 saturated carbocycles. The Morgan fingerprint density at radius 3 is 2.58 bits per heavy atom. The molecule has 0 atom stereocenters. The average molecular weight is 167 g/mol. The molecule has 3 heteroatoms. The Hall–Kier alpha value is -1.35. The van der Waals surface area contributed by atoms with Gasteiger partial charge in [0.2, 0.25) is 0 Å². The van der Waals surface area contributed by atoms with Crippen molar-refractivity contribution in [1.29, 1.82) is 0 Å². The quantitative estimate of drug-likeness (QED) is 0.699. The van der Waals surface area contributed by atoms with Gasteiger partial charge in [0.05, 0.1) is 6.54 Å². The minimum atomic E-state index is -0.828. The van der Waals surface area contributed by atoms with Crippen LogP contribution in [0.15, 0.2) is 30.3 Å². The zero-order valence-corrected chi connectivity index (χ0v) is 6.66. The summed E-state index contributed by atoms with van der Waals surface area (Å²) in [6, 6.07) is 9.69. The molecule has 1 aromatic rings.